The summed E-state index contributed by atoms with van der Waals surface area (Å²) < 4.78 is 11.6. The van der Waals surface area contributed by atoms with E-state index in [1.807, 2.05) is 30.3 Å². The van der Waals surface area contributed by atoms with Crippen molar-refractivity contribution in [3.8, 4) is 0 Å². The van der Waals surface area contributed by atoms with Crippen molar-refractivity contribution in [3.05, 3.63) is 68.0 Å². The van der Waals surface area contributed by atoms with E-state index in [-0.39, 0.29) is 13.2 Å². The first-order valence-electron chi connectivity index (χ1n) is 10.3. The minimum atomic E-state index is -0.497. The fourth-order valence-corrected chi connectivity index (χ4v) is 5.00. The van der Waals surface area contributed by atoms with Crippen LogP contribution in [0.3, 0.4) is 0 Å². The molecular weight excluding hydrogens is 478 g/mol. The molecule has 1 aromatic carbocycles. The molecule has 4 aromatic rings. The second-order valence-corrected chi connectivity index (χ2v) is 9.33. The number of benzene rings is 1. The van der Waals surface area contributed by atoms with Crippen LogP contribution < -0.4 is 10.9 Å². The highest BCUT2D eigenvalue weighted by Gasteiger charge is 2.21. The summed E-state index contributed by atoms with van der Waals surface area (Å²) in [4.78, 5) is 43.1. The van der Waals surface area contributed by atoms with Crippen LogP contribution in [-0.2, 0) is 33.8 Å². The van der Waals surface area contributed by atoms with Crippen molar-refractivity contribution >= 4 is 49.9 Å². The van der Waals surface area contributed by atoms with E-state index in [4.69, 9.17) is 9.47 Å². The van der Waals surface area contributed by atoms with Gasteiger partial charge in [0.15, 0.2) is 0 Å². The lowest BCUT2D eigenvalue weighted by molar-refractivity contribution is -0.116. The molecule has 1 N–H and O–H groups in total. The number of esters is 1. The summed E-state index contributed by atoms with van der Waals surface area (Å²) in [6, 6.07) is 9.71. The monoisotopic (exact) mass is 499 g/mol. The number of rotatable bonds is 9. The Kier molecular flexibility index (Phi) is 7.40. The minimum absolute atomic E-state index is 0.228. The first-order valence-corrected chi connectivity index (χ1v) is 11.9. The fourth-order valence-electron chi connectivity index (χ4n) is 3.24. The van der Waals surface area contributed by atoms with E-state index in [2.05, 4.69) is 20.5 Å². The van der Waals surface area contributed by atoms with Crippen LogP contribution in [-0.4, -0.2) is 45.3 Å². The molecule has 3 aromatic heterocycles. The van der Waals surface area contributed by atoms with E-state index < -0.39 is 17.4 Å². The van der Waals surface area contributed by atoms with Crippen molar-refractivity contribution in [2.45, 2.75) is 26.5 Å². The summed E-state index contributed by atoms with van der Waals surface area (Å²) in [5.74, 6) is -0.944. The molecule has 4 rings (SSSR count). The summed E-state index contributed by atoms with van der Waals surface area (Å²) in [6.07, 6.45) is 1.89. The maximum absolute atomic E-state index is 13.0. The number of hydrogen-bond acceptors (Lipinski definition) is 10. The van der Waals surface area contributed by atoms with Gasteiger partial charge in [0.1, 0.15) is 27.9 Å². The van der Waals surface area contributed by atoms with Gasteiger partial charge in [0, 0.05) is 13.5 Å². The van der Waals surface area contributed by atoms with Crippen LogP contribution in [0.2, 0.25) is 0 Å². The maximum atomic E-state index is 13.0. The Bertz CT molecular complexity index is 1380. The fraction of sp³-hybridized carbons (Fsp3) is 0.273. The number of nitrogens with one attached hydrogen (secondary N) is 1. The summed E-state index contributed by atoms with van der Waals surface area (Å²) in [5.41, 5.74) is 1.15. The van der Waals surface area contributed by atoms with E-state index >= 15 is 0 Å². The molecule has 0 saturated heterocycles. The first kappa shape index (κ1) is 23.7. The Balaban J connectivity index is 1.45. The lowest BCUT2D eigenvalue weighted by atomic mass is 10.2. The molecule has 0 aliphatic heterocycles. The molecule has 3 heterocycles. The normalized spacial score (nSPS) is 11.0. The highest BCUT2D eigenvalue weighted by molar-refractivity contribution is 7.20. The van der Waals surface area contributed by atoms with Crippen LogP contribution >= 0.6 is 22.7 Å². The highest BCUT2D eigenvalue weighted by Crippen LogP contribution is 2.27. The first-order chi connectivity index (χ1) is 16.5. The minimum Gasteiger partial charge on any atom is -0.461 e. The highest BCUT2D eigenvalue weighted by atomic mass is 32.1. The van der Waals surface area contributed by atoms with E-state index in [1.54, 1.807) is 6.92 Å². The number of amides is 1. The summed E-state index contributed by atoms with van der Waals surface area (Å²) >= 11 is 2.29. The lowest BCUT2D eigenvalue weighted by Crippen LogP contribution is -2.27. The third-order valence-corrected chi connectivity index (χ3v) is 6.86. The zero-order valence-corrected chi connectivity index (χ0v) is 20.1. The van der Waals surface area contributed by atoms with Gasteiger partial charge in [-0.15, -0.1) is 21.5 Å². The molecule has 1 amide bonds. The van der Waals surface area contributed by atoms with Crippen LogP contribution in [0.4, 0.5) is 5.13 Å². The molecule has 10 nitrogen and oxygen atoms in total. The average molecular weight is 500 g/mol. The molecule has 0 atom stereocenters. The van der Waals surface area contributed by atoms with Gasteiger partial charge < -0.3 is 9.47 Å². The number of ether oxygens (including phenoxy) is 2. The number of nitrogens with zero attached hydrogens (tertiary/aromatic N) is 4. The van der Waals surface area contributed by atoms with Gasteiger partial charge >= 0.3 is 5.97 Å². The van der Waals surface area contributed by atoms with Crippen molar-refractivity contribution in [1.29, 1.82) is 0 Å². The van der Waals surface area contributed by atoms with Gasteiger partial charge in [-0.05, 0) is 18.1 Å². The van der Waals surface area contributed by atoms with Gasteiger partial charge in [-0.3, -0.25) is 19.5 Å². The number of aromatic nitrogens is 4. The van der Waals surface area contributed by atoms with Crippen LogP contribution in [0.5, 0.6) is 0 Å². The summed E-state index contributed by atoms with van der Waals surface area (Å²) in [6.45, 7) is 1.94. The molecule has 0 fully saturated rings. The largest absolute Gasteiger partial charge is 0.461 e. The van der Waals surface area contributed by atoms with Gasteiger partial charge in [-0.25, -0.2) is 9.78 Å². The van der Waals surface area contributed by atoms with Crippen LogP contribution in [0.1, 0.15) is 25.8 Å². The van der Waals surface area contributed by atoms with Gasteiger partial charge in [0.05, 0.1) is 18.3 Å². The van der Waals surface area contributed by atoms with E-state index in [1.165, 1.54) is 29.3 Å². The molecule has 0 radical (unpaired) electrons. The van der Waals surface area contributed by atoms with E-state index in [9.17, 15) is 14.4 Å². The van der Waals surface area contributed by atoms with Crippen LogP contribution in [0, 0.1) is 6.92 Å². The van der Waals surface area contributed by atoms with Crippen LogP contribution in [0.25, 0.3) is 10.2 Å². The average Bonchev–Trinajstić information content (AvgIpc) is 3.40. The number of thiophene rings is 1. The molecule has 34 heavy (non-hydrogen) atoms. The molecule has 0 aliphatic carbocycles. The summed E-state index contributed by atoms with van der Waals surface area (Å²) in [5, 5.41) is 11.6. The number of aryl methyl sites for hydroxylation is 1. The smallest absolute Gasteiger partial charge is 0.348 e. The van der Waals surface area contributed by atoms with Crippen molar-refractivity contribution < 1.29 is 19.1 Å². The lowest BCUT2D eigenvalue weighted by Gasteiger charge is -2.05. The topological polar surface area (TPSA) is 125 Å². The Morgan fingerprint density at radius 2 is 1.94 bits per heavy atom. The maximum Gasteiger partial charge on any atom is 0.348 e. The molecule has 0 bridgehead atoms. The van der Waals surface area contributed by atoms with Gasteiger partial charge in [-0.2, -0.15) is 0 Å². The van der Waals surface area contributed by atoms with Crippen molar-refractivity contribution in [1.82, 2.24) is 19.7 Å². The van der Waals surface area contributed by atoms with Gasteiger partial charge in [0.2, 0.25) is 11.0 Å². The molecule has 12 heteroatoms. The second kappa shape index (κ2) is 10.6. The van der Waals surface area contributed by atoms with Crippen molar-refractivity contribution in [2.75, 3.05) is 19.0 Å². The molecule has 0 aliphatic rings. The Morgan fingerprint density at radius 3 is 2.71 bits per heavy atom. The molecule has 0 unspecified atom stereocenters. The van der Waals surface area contributed by atoms with Crippen molar-refractivity contribution in [2.24, 2.45) is 0 Å². The quantitative estimate of drug-likeness (QED) is 0.349. The number of carbonyl (C=O) groups excluding carboxylic acids is 2. The number of methoxy groups -OCH3 is 1. The zero-order chi connectivity index (χ0) is 24.1. The number of hydrogen-bond donors (Lipinski definition) is 1. The van der Waals surface area contributed by atoms with E-state index in [0.717, 1.165) is 16.9 Å². The summed E-state index contributed by atoms with van der Waals surface area (Å²) in [7, 11) is 1.54. The van der Waals surface area contributed by atoms with Crippen molar-refractivity contribution in [3.63, 3.8) is 0 Å². The zero-order valence-electron chi connectivity index (χ0n) is 18.4. The Hall–Kier alpha value is -3.48. The van der Waals surface area contributed by atoms with E-state index in [0.29, 0.717) is 43.8 Å². The number of anilines is 1. The SMILES string of the molecule is COCc1nnc(NC(=O)Cn2cnc3sc(C(=O)OCCc4ccccc4)c(C)c3c2=O)s1. The molecule has 176 valence electrons. The Labute approximate surface area is 202 Å². The number of carbonyl (C=O) groups is 2. The van der Waals surface area contributed by atoms with Gasteiger partial charge in [0.25, 0.3) is 5.56 Å². The standard InChI is InChI=1S/C22H21N5O5S2/c1-13-17-19(34-18(13)21(30)32-9-8-14-6-4-3-5-7-14)23-12-27(20(17)29)10-15(28)24-22-26-25-16(33-22)11-31-2/h3-7,12H,8-11H2,1-2H3,(H,24,26,28). The van der Waals surface area contributed by atoms with Crippen LogP contribution in [0.15, 0.2) is 41.5 Å². The third kappa shape index (κ3) is 5.35. The predicted molar refractivity (Wildman–Crippen MR) is 128 cm³/mol. The molecule has 0 saturated carbocycles. The third-order valence-electron chi connectivity index (χ3n) is 4.86. The number of fused-ring (bicyclic) bond motifs is 1. The predicted octanol–water partition coefficient (Wildman–Crippen LogP) is 2.80. The molecular formula is C22H21N5O5S2. The van der Waals surface area contributed by atoms with Gasteiger partial charge in [-0.1, -0.05) is 41.7 Å². The molecule has 0 spiro atoms. The Morgan fingerprint density at radius 1 is 1.15 bits per heavy atom. The second-order valence-electron chi connectivity index (χ2n) is 7.27.